The molecular formula is C13H26ClN3O. The number of rotatable bonds is 3. The molecule has 2 unspecified atom stereocenters. The highest BCUT2D eigenvalue weighted by Gasteiger charge is 2.30. The van der Waals surface area contributed by atoms with Gasteiger partial charge in [-0.1, -0.05) is 0 Å². The molecule has 0 radical (unpaired) electrons. The molecule has 2 rings (SSSR count). The van der Waals surface area contributed by atoms with E-state index in [1.54, 1.807) is 0 Å². The van der Waals surface area contributed by atoms with Gasteiger partial charge in [0.1, 0.15) is 0 Å². The maximum absolute atomic E-state index is 11.3. The van der Waals surface area contributed by atoms with Crippen molar-refractivity contribution in [3.8, 4) is 0 Å². The Balaban J connectivity index is 0.00000162. The second-order valence-electron chi connectivity index (χ2n) is 5.67. The van der Waals surface area contributed by atoms with E-state index in [0.717, 1.165) is 44.9 Å². The number of likely N-dealkylation sites (tertiary alicyclic amines) is 1. The maximum Gasteiger partial charge on any atom is 0.221 e. The largest absolute Gasteiger partial charge is 0.369 e. The van der Waals surface area contributed by atoms with Gasteiger partial charge < -0.3 is 11.1 Å². The van der Waals surface area contributed by atoms with Crippen LogP contribution in [0, 0.1) is 11.8 Å². The summed E-state index contributed by atoms with van der Waals surface area (Å²) in [5.41, 5.74) is 5.43. The van der Waals surface area contributed by atoms with Crippen LogP contribution in [0.5, 0.6) is 0 Å². The first kappa shape index (κ1) is 15.7. The van der Waals surface area contributed by atoms with Crippen LogP contribution in [0.1, 0.15) is 32.6 Å². The van der Waals surface area contributed by atoms with Crippen molar-refractivity contribution < 1.29 is 4.79 Å². The van der Waals surface area contributed by atoms with Crippen molar-refractivity contribution in [2.24, 2.45) is 17.6 Å². The summed E-state index contributed by atoms with van der Waals surface area (Å²) >= 11 is 0. The standard InChI is InChI=1S/C13H25N3O.ClH/c1-10-2-3-12(13(14)17)9-16(10)8-11-4-6-15-7-5-11;/h10-12,15H,2-9H2,1H3,(H2,14,17);1H. The molecule has 2 aliphatic heterocycles. The molecule has 5 heteroatoms. The van der Waals surface area contributed by atoms with Crippen molar-refractivity contribution in [1.29, 1.82) is 0 Å². The zero-order chi connectivity index (χ0) is 12.3. The van der Waals surface area contributed by atoms with Crippen LogP contribution >= 0.6 is 12.4 Å². The summed E-state index contributed by atoms with van der Waals surface area (Å²) in [7, 11) is 0. The van der Waals surface area contributed by atoms with Crippen LogP contribution in [0.15, 0.2) is 0 Å². The minimum atomic E-state index is -0.118. The third-order valence-electron chi connectivity index (χ3n) is 4.36. The van der Waals surface area contributed by atoms with Gasteiger partial charge in [-0.15, -0.1) is 12.4 Å². The van der Waals surface area contributed by atoms with Gasteiger partial charge in [0.2, 0.25) is 5.91 Å². The van der Waals surface area contributed by atoms with E-state index in [0.29, 0.717) is 6.04 Å². The third kappa shape index (κ3) is 4.11. The highest BCUT2D eigenvalue weighted by atomic mass is 35.5. The predicted molar refractivity (Wildman–Crippen MR) is 75.8 cm³/mol. The SMILES string of the molecule is CC1CCC(C(N)=O)CN1CC1CCNCC1.Cl. The minimum absolute atomic E-state index is 0. The van der Waals surface area contributed by atoms with Gasteiger partial charge in [0.15, 0.2) is 0 Å². The van der Waals surface area contributed by atoms with Crippen molar-refractivity contribution in [3.63, 3.8) is 0 Å². The van der Waals surface area contributed by atoms with Gasteiger partial charge in [-0.2, -0.15) is 0 Å². The zero-order valence-corrected chi connectivity index (χ0v) is 12.0. The maximum atomic E-state index is 11.3. The Labute approximate surface area is 116 Å². The molecule has 2 saturated heterocycles. The first-order valence-corrected chi connectivity index (χ1v) is 6.91. The Bertz CT molecular complexity index is 269. The number of carbonyl (C=O) groups is 1. The summed E-state index contributed by atoms with van der Waals surface area (Å²) in [5, 5.41) is 3.40. The third-order valence-corrected chi connectivity index (χ3v) is 4.36. The Hall–Kier alpha value is -0.320. The van der Waals surface area contributed by atoms with Gasteiger partial charge in [0, 0.05) is 19.1 Å². The molecule has 0 aromatic rings. The molecule has 0 saturated carbocycles. The Morgan fingerprint density at radius 1 is 1.28 bits per heavy atom. The van der Waals surface area contributed by atoms with E-state index in [1.165, 1.54) is 12.8 Å². The minimum Gasteiger partial charge on any atom is -0.369 e. The summed E-state index contributed by atoms with van der Waals surface area (Å²) < 4.78 is 0. The molecule has 1 amide bonds. The normalized spacial score (nSPS) is 30.7. The van der Waals surface area contributed by atoms with E-state index >= 15 is 0 Å². The lowest BCUT2D eigenvalue weighted by Crippen LogP contribution is -2.48. The van der Waals surface area contributed by atoms with Crippen molar-refractivity contribution in [2.75, 3.05) is 26.2 Å². The Morgan fingerprint density at radius 3 is 2.56 bits per heavy atom. The smallest absolute Gasteiger partial charge is 0.221 e. The van der Waals surface area contributed by atoms with Crippen LogP contribution in [-0.4, -0.2) is 43.0 Å². The molecule has 0 aliphatic carbocycles. The number of hydrogen-bond donors (Lipinski definition) is 2. The van der Waals surface area contributed by atoms with Gasteiger partial charge in [-0.3, -0.25) is 9.69 Å². The molecule has 0 bridgehead atoms. The number of hydrogen-bond acceptors (Lipinski definition) is 3. The molecule has 2 heterocycles. The van der Waals surface area contributed by atoms with E-state index in [1.807, 2.05) is 0 Å². The molecule has 2 aliphatic rings. The lowest BCUT2D eigenvalue weighted by Gasteiger charge is -2.39. The lowest BCUT2D eigenvalue weighted by atomic mass is 9.90. The van der Waals surface area contributed by atoms with Crippen LogP contribution in [0.3, 0.4) is 0 Å². The van der Waals surface area contributed by atoms with Crippen molar-refractivity contribution >= 4 is 18.3 Å². The van der Waals surface area contributed by atoms with Crippen LogP contribution in [0.25, 0.3) is 0 Å². The van der Waals surface area contributed by atoms with Crippen LogP contribution < -0.4 is 11.1 Å². The van der Waals surface area contributed by atoms with Crippen molar-refractivity contribution in [2.45, 2.75) is 38.6 Å². The summed E-state index contributed by atoms with van der Waals surface area (Å²) in [4.78, 5) is 13.8. The molecule has 106 valence electrons. The van der Waals surface area contributed by atoms with Crippen LogP contribution in [0.4, 0.5) is 0 Å². The van der Waals surface area contributed by atoms with Gasteiger partial charge >= 0.3 is 0 Å². The number of piperidine rings is 2. The number of nitrogens with one attached hydrogen (secondary N) is 1. The molecule has 18 heavy (non-hydrogen) atoms. The first-order chi connectivity index (χ1) is 8.16. The molecule has 2 fully saturated rings. The highest BCUT2D eigenvalue weighted by Crippen LogP contribution is 2.24. The molecule has 2 atom stereocenters. The number of halogens is 1. The number of nitrogens with zero attached hydrogens (tertiary/aromatic N) is 1. The van der Waals surface area contributed by atoms with Crippen LogP contribution in [-0.2, 0) is 4.79 Å². The molecule has 0 spiro atoms. The average molecular weight is 276 g/mol. The van der Waals surface area contributed by atoms with Gasteiger partial charge in [-0.25, -0.2) is 0 Å². The van der Waals surface area contributed by atoms with Gasteiger partial charge in [0.25, 0.3) is 0 Å². The number of primary amides is 1. The number of carbonyl (C=O) groups excluding carboxylic acids is 1. The van der Waals surface area contributed by atoms with Gasteiger partial charge in [0.05, 0.1) is 5.92 Å². The fraction of sp³-hybridized carbons (Fsp3) is 0.923. The second kappa shape index (κ2) is 7.31. The monoisotopic (exact) mass is 275 g/mol. The molecular weight excluding hydrogens is 250 g/mol. The van der Waals surface area contributed by atoms with E-state index in [-0.39, 0.29) is 24.2 Å². The second-order valence-corrected chi connectivity index (χ2v) is 5.67. The lowest BCUT2D eigenvalue weighted by molar-refractivity contribution is -0.124. The highest BCUT2D eigenvalue weighted by molar-refractivity contribution is 5.85. The van der Waals surface area contributed by atoms with Crippen molar-refractivity contribution in [1.82, 2.24) is 10.2 Å². The van der Waals surface area contributed by atoms with E-state index in [4.69, 9.17) is 5.73 Å². The first-order valence-electron chi connectivity index (χ1n) is 6.91. The Morgan fingerprint density at radius 2 is 1.94 bits per heavy atom. The Kier molecular flexibility index (Phi) is 6.39. The summed E-state index contributed by atoms with van der Waals surface area (Å²) in [6.45, 7) is 6.59. The molecule has 3 N–H and O–H groups in total. The summed E-state index contributed by atoms with van der Waals surface area (Å²) in [5.74, 6) is 0.755. The fourth-order valence-corrected chi connectivity index (χ4v) is 3.06. The average Bonchev–Trinajstić information content (AvgIpc) is 2.33. The molecule has 4 nitrogen and oxygen atoms in total. The number of amides is 1. The summed E-state index contributed by atoms with van der Waals surface area (Å²) in [6.07, 6.45) is 4.62. The van der Waals surface area contributed by atoms with E-state index < -0.39 is 0 Å². The summed E-state index contributed by atoms with van der Waals surface area (Å²) in [6, 6.07) is 0.612. The molecule has 0 aromatic heterocycles. The van der Waals surface area contributed by atoms with E-state index in [9.17, 15) is 4.79 Å². The van der Waals surface area contributed by atoms with Crippen molar-refractivity contribution in [3.05, 3.63) is 0 Å². The van der Waals surface area contributed by atoms with E-state index in [2.05, 4.69) is 17.1 Å². The van der Waals surface area contributed by atoms with Gasteiger partial charge in [-0.05, 0) is 51.6 Å². The van der Waals surface area contributed by atoms with Crippen LogP contribution in [0.2, 0.25) is 0 Å². The zero-order valence-electron chi connectivity index (χ0n) is 11.2. The predicted octanol–water partition coefficient (Wildman–Crippen LogP) is 0.994. The number of nitrogens with two attached hydrogens (primary N) is 1. The fourth-order valence-electron chi connectivity index (χ4n) is 3.06. The quantitative estimate of drug-likeness (QED) is 0.808. The topological polar surface area (TPSA) is 58.4 Å². The molecule has 0 aromatic carbocycles.